The Morgan fingerprint density at radius 3 is 2.56 bits per heavy atom. The van der Waals surface area contributed by atoms with Crippen LogP contribution < -0.4 is 5.32 Å². The molecule has 6 nitrogen and oxygen atoms in total. The average Bonchev–Trinajstić information content (AvgIpc) is 3.37. The minimum atomic E-state index is 0.0465. The highest BCUT2D eigenvalue weighted by atomic mass is 16.5. The molecular formula is C19H24N4O2. The number of carbonyl (C=O) groups excluding carboxylic acids is 1. The van der Waals surface area contributed by atoms with E-state index in [2.05, 4.69) is 26.3 Å². The second kappa shape index (κ2) is 7.37. The molecule has 1 N–H and O–H groups in total. The van der Waals surface area contributed by atoms with Crippen molar-refractivity contribution in [2.24, 2.45) is 0 Å². The minimum Gasteiger partial charge on any atom is -0.361 e. The molecule has 6 heteroatoms. The molecule has 4 rings (SSSR count). The lowest BCUT2D eigenvalue weighted by atomic mass is 10.2. The number of anilines is 1. The Hall–Kier alpha value is -2.18. The van der Waals surface area contributed by atoms with Crippen LogP contribution in [0.4, 0.5) is 5.69 Å². The van der Waals surface area contributed by atoms with E-state index in [4.69, 9.17) is 4.52 Å². The number of amides is 1. The van der Waals surface area contributed by atoms with Crippen LogP contribution in [0.1, 0.15) is 30.2 Å². The summed E-state index contributed by atoms with van der Waals surface area (Å²) < 4.78 is 5.42. The van der Waals surface area contributed by atoms with Gasteiger partial charge in [0.25, 0.3) is 0 Å². The zero-order valence-electron chi connectivity index (χ0n) is 14.4. The van der Waals surface area contributed by atoms with Crippen molar-refractivity contribution in [2.45, 2.75) is 25.3 Å². The van der Waals surface area contributed by atoms with Crippen LogP contribution in [0, 0.1) is 0 Å². The summed E-state index contributed by atoms with van der Waals surface area (Å²) >= 11 is 0. The van der Waals surface area contributed by atoms with Gasteiger partial charge in [-0.2, -0.15) is 0 Å². The molecule has 2 heterocycles. The molecule has 0 bridgehead atoms. The van der Waals surface area contributed by atoms with Gasteiger partial charge in [-0.25, -0.2) is 0 Å². The summed E-state index contributed by atoms with van der Waals surface area (Å²) in [5.41, 5.74) is 1.88. The van der Waals surface area contributed by atoms with E-state index in [9.17, 15) is 4.79 Å². The Labute approximate surface area is 147 Å². The fourth-order valence-corrected chi connectivity index (χ4v) is 3.22. The molecule has 1 aromatic heterocycles. The molecule has 2 fully saturated rings. The van der Waals surface area contributed by atoms with Crippen LogP contribution in [0.3, 0.4) is 0 Å². The van der Waals surface area contributed by atoms with Gasteiger partial charge < -0.3 is 9.84 Å². The van der Waals surface area contributed by atoms with Gasteiger partial charge in [0.15, 0.2) is 0 Å². The van der Waals surface area contributed by atoms with Gasteiger partial charge >= 0.3 is 0 Å². The van der Waals surface area contributed by atoms with Crippen molar-refractivity contribution in [2.75, 3.05) is 38.0 Å². The fraction of sp³-hybridized carbons (Fsp3) is 0.474. The molecule has 0 unspecified atom stereocenters. The van der Waals surface area contributed by atoms with Crippen molar-refractivity contribution in [3.63, 3.8) is 0 Å². The second-order valence-electron chi connectivity index (χ2n) is 6.96. The van der Waals surface area contributed by atoms with E-state index in [1.165, 1.54) is 12.8 Å². The predicted octanol–water partition coefficient (Wildman–Crippen LogP) is 2.31. The summed E-state index contributed by atoms with van der Waals surface area (Å²) in [5, 5.41) is 7.13. The normalized spacial score (nSPS) is 19.0. The number of benzene rings is 1. The maximum absolute atomic E-state index is 12.1. The molecule has 0 spiro atoms. The van der Waals surface area contributed by atoms with E-state index >= 15 is 0 Å². The summed E-state index contributed by atoms with van der Waals surface area (Å²) in [4.78, 5) is 16.7. The predicted molar refractivity (Wildman–Crippen MR) is 95.3 cm³/mol. The van der Waals surface area contributed by atoms with Gasteiger partial charge in [0.1, 0.15) is 5.76 Å². The van der Waals surface area contributed by atoms with Gasteiger partial charge in [-0.1, -0.05) is 23.4 Å². The highest BCUT2D eigenvalue weighted by Gasteiger charge is 2.28. The van der Waals surface area contributed by atoms with E-state index in [1.807, 2.05) is 30.3 Å². The number of piperazine rings is 1. The van der Waals surface area contributed by atoms with Crippen LogP contribution in [-0.2, 0) is 11.3 Å². The Kier molecular flexibility index (Phi) is 4.81. The topological polar surface area (TPSA) is 61.6 Å². The van der Waals surface area contributed by atoms with Crippen molar-refractivity contribution in [3.05, 3.63) is 47.9 Å². The van der Waals surface area contributed by atoms with E-state index < -0.39 is 0 Å². The molecule has 1 aliphatic carbocycles. The minimum absolute atomic E-state index is 0.0465. The van der Waals surface area contributed by atoms with Crippen LogP contribution in [-0.4, -0.2) is 53.6 Å². The molecular weight excluding hydrogens is 316 g/mol. The number of hydrogen-bond donors (Lipinski definition) is 1. The van der Waals surface area contributed by atoms with Gasteiger partial charge in [-0.15, -0.1) is 0 Å². The Morgan fingerprint density at radius 1 is 1.12 bits per heavy atom. The van der Waals surface area contributed by atoms with Crippen LogP contribution in [0.15, 0.2) is 40.9 Å². The smallest absolute Gasteiger partial charge is 0.238 e. The highest BCUT2D eigenvalue weighted by molar-refractivity contribution is 5.92. The Bertz CT molecular complexity index is 703. The number of para-hydroxylation sites is 1. The molecule has 1 saturated heterocycles. The standard InChI is InChI=1S/C19H24N4O2/c24-19(20-16-4-2-1-3-5-16)14-23-10-8-22(9-11-23)13-17-12-18(25-21-17)15-6-7-15/h1-5,12,15H,6-11,13-14H2,(H,20,24). The van der Waals surface area contributed by atoms with E-state index in [0.29, 0.717) is 12.5 Å². The largest absolute Gasteiger partial charge is 0.361 e. The van der Waals surface area contributed by atoms with Crippen molar-refractivity contribution in [3.8, 4) is 0 Å². The molecule has 2 aromatic rings. The third kappa shape index (κ3) is 4.46. The lowest BCUT2D eigenvalue weighted by Gasteiger charge is -2.33. The SMILES string of the molecule is O=C(CN1CCN(Cc2cc(C3CC3)on2)CC1)Nc1ccccc1. The maximum Gasteiger partial charge on any atom is 0.238 e. The lowest BCUT2D eigenvalue weighted by Crippen LogP contribution is -2.48. The zero-order chi connectivity index (χ0) is 17.1. The summed E-state index contributed by atoms with van der Waals surface area (Å²) in [6.45, 7) is 4.97. The summed E-state index contributed by atoms with van der Waals surface area (Å²) in [7, 11) is 0. The van der Waals surface area contributed by atoms with Gasteiger partial charge in [-0.3, -0.25) is 14.6 Å². The van der Waals surface area contributed by atoms with Gasteiger partial charge in [0, 0.05) is 50.4 Å². The van der Waals surface area contributed by atoms with Gasteiger partial charge in [0.05, 0.1) is 12.2 Å². The van der Waals surface area contributed by atoms with E-state index in [1.54, 1.807) is 0 Å². The fourth-order valence-electron chi connectivity index (χ4n) is 3.22. The summed E-state index contributed by atoms with van der Waals surface area (Å²) in [5.74, 6) is 1.71. The average molecular weight is 340 g/mol. The first-order valence-corrected chi connectivity index (χ1v) is 9.01. The third-order valence-electron chi connectivity index (χ3n) is 4.83. The number of nitrogens with zero attached hydrogens (tertiary/aromatic N) is 3. The Balaban J connectivity index is 1.20. The summed E-state index contributed by atoms with van der Waals surface area (Å²) in [6, 6.07) is 11.7. The number of aromatic nitrogens is 1. The molecule has 1 saturated carbocycles. The third-order valence-corrected chi connectivity index (χ3v) is 4.83. The quantitative estimate of drug-likeness (QED) is 0.874. The first-order chi connectivity index (χ1) is 12.3. The maximum atomic E-state index is 12.1. The zero-order valence-corrected chi connectivity index (χ0v) is 14.4. The summed E-state index contributed by atoms with van der Waals surface area (Å²) in [6.07, 6.45) is 2.47. The molecule has 132 valence electrons. The molecule has 25 heavy (non-hydrogen) atoms. The molecule has 1 aromatic carbocycles. The molecule has 1 aliphatic heterocycles. The molecule has 0 radical (unpaired) electrons. The number of nitrogens with one attached hydrogen (secondary N) is 1. The monoisotopic (exact) mass is 340 g/mol. The van der Waals surface area contributed by atoms with Crippen LogP contribution in [0.25, 0.3) is 0 Å². The molecule has 0 atom stereocenters. The van der Waals surface area contributed by atoms with Crippen LogP contribution >= 0.6 is 0 Å². The van der Waals surface area contributed by atoms with Crippen molar-refractivity contribution in [1.29, 1.82) is 0 Å². The Morgan fingerprint density at radius 2 is 1.84 bits per heavy atom. The van der Waals surface area contributed by atoms with E-state index in [0.717, 1.165) is 49.9 Å². The number of hydrogen-bond acceptors (Lipinski definition) is 5. The highest BCUT2D eigenvalue weighted by Crippen LogP contribution is 2.40. The van der Waals surface area contributed by atoms with Crippen LogP contribution in [0.5, 0.6) is 0 Å². The first-order valence-electron chi connectivity index (χ1n) is 9.01. The van der Waals surface area contributed by atoms with Crippen molar-refractivity contribution >= 4 is 11.6 Å². The van der Waals surface area contributed by atoms with Crippen molar-refractivity contribution < 1.29 is 9.32 Å². The molecule has 2 aliphatic rings. The van der Waals surface area contributed by atoms with Gasteiger partial charge in [0.2, 0.25) is 5.91 Å². The van der Waals surface area contributed by atoms with E-state index in [-0.39, 0.29) is 5.91 Å². The first kappa shape index (κ1) is 16.3. The second-order valence-corrected chi connectivity index (χ2v) is 6.96. The lowest BCUT2D eigenvalue weighted by molar-refractivity contribution is -0.117. The number of rotatable bonds is 6. The molecule has 1 amide bonds. The number of carbonyl (C=O) groups is 1. The van der Waals surface area contributed by atoms with Gasteiger partial charge in [-0.05, 0) is 25.0 Å². The van der Waals surface area contributed by atoms with Crippen LogP contribution in [0.2, 0.25) is 0 Å². The van der Waals surface area contributed by atoms with Crippen molar-refractivity contribution in [1.82, 2.24) is 15.0 Å².